The normalized spacial score (nSPS) is 23.5. The first-order chi connectivity index (χ1) is 9.22. The second-order valence-corrected chi connectivity index (χ2v) is 6.49. The molecule has 0 amide bonds. The minimum absolute atomic E-state index is 0.361. The summed E-state index contributed by atoms with van der Waals surface area (Å²) in [4.78, 5) is 2.57. The van der Waals surface area contributed by atoms with Crippen molar-refractivity contribution in [3.05, 3.63) is 35.4 Å². The fourth-order valence-corrected chi connectivity index (χ4v) is 3.21. The van der Waals surface area contributed by atoms with Gasteiger partial charge in [0.25, 0.3) is 0 Å². The fraction of sp³-hybridized carbons (Fsp3) is 0.647. The van der Waals surface area contributed by atoms with Crippen molar-refractivity contribution in [1.82, 2.24) is 4.90 Å². The van der Waals surface area contributed by atoms with Gasteiger partial charge in [-0.25, -0.2) is 0 Å². The van der Waals surface area contributed by atoms with Crippen molar-refractivity contribution in [2.75, 3.05) is 13.1 Å². The van der Waals surface area contributed by atoms with Crippen molar-refractivity contribution < 1.29 is 0 Å². The molecule has 1 aliphatic carbocycles. The smallest absolute Gasteiger partial charge is 0.0233 e. The third kappa shape index (κ3) is 3.37. The number of piperidine rings is 1. The predicted molar refractivity (Wildman–Crippen MR) is 80.1 cm³/mol. The molecule has 0 aromatic heterocycles. The van der Waals surface area contributed by atoms with Crippen molar-refractivity contribution >= 4 is 0 Å². The van der Waals surface area contributed by atoms with Gasteiger partial charge in [-0.15, -0.1) is 0 Å². The maximum absolute atomic E-state index is 6.00. The maximum Gasteiger partial charge on any atom is 0.0233 e. The summed E-state index contributed by atoms with van der Waals surface area (Å²) in [5.74, 6) is 1.60. The molecule has 1 heterocycles. The van der Waals surface area contributed by atoms with E-state index in [9.17, 15) is 0 Å². The Morgan fingerprint density at radius 1 is 1.11 bits per heavy atom. The van der Waals surface area contributed by atoms with Crippen LogP contribution in [0.15, 0.2) is 24.3 Å². The first-order valence-electron chi connectivity index (χ1n) is 7.79. The van der Waals surface area contributed by atoms with Crippen LogP contribution in [0.4, 0.5) is 0 Å². The zero-order valence-corrected chi connectivity index (χ0v) is 12.0. The quantitative estimate of drug-likeness (QED) is 0.899. The Labute approximate surface area is 117 Å². The van der Waals surface area contributed by atoms with E-state index in [-0.39, 0.29) is 0 Å². The Kier molecular flexibility index (Phi) is 3.90. The van der Waals surface area contributed by atoms with E-state index in [2.05, 4.69) is 36.1 Å². The van der Waals surface area contributed by atoms with Crippen LogP contribution in [0.1, 0.15) is 49.7 Å². The van der Waals surface area contributed by atoms with Crippen LogP contribution in [0.5, 0.6) is 0 Å². The fourth-order valence-electron chi connectivity index (χ4n) is 3.21. The van der Waals surface area contributed by atoms with E-state index in [0.717, 1.165) is 18.4 Å². The highest BCUT2D eigenvalue weighted by Gasteiger charge is 2.24. The molecule has 1 aromatic carbocycles. The molecular weight excluding hydrogens is 232 g/mol. The van der Waals surface area contributed by atoms with Gasteiger partial charge in [-0.05, 0) is 68.7 Å². The molecule has 0 bridgehead atoms. The summed E-state index contributed by atoms with van der Waals surface area (Å²) >= 11 is 0. The molecule has 2 fully saturated rings. The van der Waals surface area contributed by atoms with E-state index in [0.29, 0.717) is 6.04 Å². The van der Waals surface area contributed by atoms with Crippen LogP contribution in [0.3, 0.4) is 0 Å². The van der Waals surface area contributed by atoms with Crippen molar-refractivity contribution in [3.8, 4) is 0 Å². The topological polar surface area (TPSA) is 29.3 Å². The summed E-state index contributed by atoms with van der Waals surface area (Å²) in [6.45, 7) is 5.67. The zero-order chi connectivity index (χ0) is 13.2. The third-order valence-corrected chi connectivity index (χ3v) is 4.81. The Bertz CT molecular complexity index is 398. The van der Waals surface area contributed by atoms with Gasteiger partial charge in [0.1, 0.15) is 0 Å². The molecule has 1 aromatic rings. The monoisotopic (exact) mass is 258 g/mol. The zero-order valence-electron chi connectivity index (χ0n) is 12.0. The highest BCUT2D eigenvalue weighted by molar-refractivity contribution is 5.28. The van der Waals surface area contributed by atoms with Gasteiger partial charge in [0, 0.05) is 12.6 Å². The molecule has 104 valence electrons. The number of nitrogens with two attached hydrogens (primary N) is 1. The van der Waals surface area contributed by atoms with Crippen molar-refractivity contribution in [3.63, 3.8) is 0 Å². The lowest BCUT2D eigenvalue weighted by atomic mass is 9.91. The largest absolute Gasteiger partial charge is 0.328 e. The van der Waals surface area contributed by atoms with E-state index >= 15 is 0 Å². The lowest BCUT2D eigenvalue weighted by Crippen LogP contribution is -2.39. The summed E-state index contributed by atoms with van der Waals surface area (Å²) < 4.78 is 0. The van der Waals surface area contributed by atoms with Crippen molar-refractivity contribution in [2.24, 2.45) is 11.7 Å². The van der Waals surface area contributed by atoms with Crippen molar-refractivity contribution in [2.45, 2.75) is 51.1 Å². The van der Waals surface area contributed by atoms with Crippen LogP contribution in [0.2, 0.25) is 0 Å². The number of hydrogen-bond acceptors (Lipinski definition) is 2. The van der Waals surface area contributed by atoms with Gasteiger partial charge in [0.15, 0.2) is 0 Å². The van der Waals surface area contributed by atoms with Gasteiger partial charge < -0.3 is 5.73 Å². The first-order valence-corrected chi connectivity index (χ1v) is 7.79. The highest BCUT2D eigenvalue weighted by Crippen LogP contribution is 2.39. The molecule has 2 heteroatoms. The van der Waals surface area contributed by atoms with Gasteiger partial charge in [-0.2, -0.15) is 0 Å². The second-order valence-electron chi connectivity index (χ2n) is 6.49. The molecule has 2 N–H and O–H groups in total. The van der Waals surface area contributed by atoms with Gasteiger partial charge in [0.05, 0.1) is 0 Å². The molecule has 2 nitrogen and oxygen atoms in total. The lowest BCUT2D eigenvalue weighted by Gasteiger charge is -2.33. The maximum atomic E-state index is 6.00. The molecule has 1 unspecified atom stereocenters. The Morgan fingerprint density at radius 2 is 1.74 bits per heavy atom. The van der Waals surface area contributed by atoms with Crippen LogP contribution < -0.4 is 5.73 Å². The second kappa shape index (κ2) is 5.64. The average molecular weight is 258 g/mol. The van der Waals surface area contributed by atoms with E-state index in [4.69, 9.17) is 5.73 Å². The van der Waals surface area contributed by atoms with Crippen LogP contribution in [0.25, 0.3) is 0 Å². The minimum atomic E-state index is 0.361. The number of likely N-dealkylation sites (tertiary alicyclic amines) is 1. The molecule has 2 aliphatic rings. The number of rotatable bonds is 4. The van der Waals surface area contributed by atoms with Crippen LogP contribution in [0, 0.1) is 5.92 Å². The lowest BCUT2D eigenvalue weighted by molar-refractivity contribution is 0.166. The highest BCUT2D eigenvalue weighted by atomic mass is 15.1. The summed E-state index contributed by atoms with van der Waals surface area (Å²) in [5.41, 5.74) is 9.00. The van der Waals surface area contributed by atoms with Gasteiger partial charge >= 0.3 is 0 Å². The molecule has 1 atom stereocenters. The Balaban J connectivity index is 1.51. The first kappa shape index (κ1) is 13.1. The molecule has 3 rings (SSSR count). The van der Waals surface area contributed by atoms with Crippen molar-refractivity contribution in [1.29, 1.82) is 0 Å². The summed E-state index contributed by atoms with van der Waals surface area (Å²) in [6, 6.07) is 9.68. The van der Waals surface area contributed by atoms with Gasteiger partial charge in [-0.1, -0.05) is 24.3 Å². The van der Waals surface area contributed by atoms with E-state index in [1.54, 1.807) is 5.56 Å². The van der Waals surface area contributed by atoms with Gasteiger partial charge in [-0.3, -0.25) is 4.90 Å². The number of nitrogens with zero attached hydrogens (tertiary/aromatic N) is 1. The number of benzene rings is 1. The van der Waals surface area contributed by atoms with E-state index < -0.39 is 0 Å². The summed E-state index contributed by atoms with van der Waals surface area (Å²) in [5, 5.41) is 0. The molecular formula is C17H26N2. The predicted octanol–water partition coefficient (Wildman–Crippen LogP) is 3.12. The molecule has 0 radical (unpaired) electrons. The summed E-state index contributed by atoms with van der Waals surface area (Å²) in [7, 11) is 0. The van der Waals surface area contributed by atoms with E-state index in [1.807, 2.05) is 0 Å². The minimum Gasteiger partial charge on any atom is -0.328 e. The van der Waals surface area contributed by atoms with Gasteiger partial charge in [0.2, 0.25) is 0 Å². The molecule has 0 spiro atoms. The summed E-state index contributed by atoms with van der Waals surface area (Å²) in [6.07, 6.45) is 5.31. The van der Waals surface area contributed by atoms with E-state index in [1.165, 1.54) is 44.3 Å². The SMILES string of the molecule is CC(N)C1CCN(Cc2ccc(C3CC3)cc2)CC1. The molecule has 19 heavy (non-hydrogen) atoms. The Hall–Kier alpha value is -0.860. The number of hydrogen-bond donors (Lipinski definition) is 1. The third-order valence-electron chi connectivity index (χ3n) is 4.81. The molecule has 1 saturated heterocycles. The van der Waals surface area contributed by atoms with Crippen LogP contribution in [-0.4, -0.2) is 24.0 Å². The molecule has 1 saturated carbocycles. The Morgan fingerprint density at radius 3 is 2.26 bits per heavy atom. The molecule has 1 aliphatic heterocycles. The average Bonchev–Trinajstić information content (AvgIpc) is 3.25. The standard InChI is InChI=1S/C17H26N2/c1-13(18)15-8-10-19(11-9-15)12-14-2-4-16(5-3-14)17-6-7-17/h2-5,13,15,17H,6-12,18H2,1H3. The van der Waals surface area contributed by atoms with Crippen LogP contribution in [-0.2, 0) is 6.54 Å². The van der Waals surface area contributed by atoms with Crippen LogP contribution >= 0.6 is 0 Å².